The van der Waals surface area contributed by atoms with Crippen molar-refractivity contribution >= 4 is 35.0 Å². The van der Waals surface area contributed by atoms with Crippen LogP contribution in [0.25, 0.3) is 0 Å². The number of carbonyl (C=O) groups excluding carboxylic acids is 3. The molecular formula is C30H42ClN5O3. The van der Waals surface area contributed by atoms with E-state index in [4.69, 9.17) is 11.6 Å². The maximum absolute atomic E-state index is 13.7. The summed E-state index contributed by atoms with van der Waals surface area (Å²) in [5.74, 6) is 1.07. The van der Waals surface area contributed by atoms with Gasteiger partial charge in [-0.25, -0.2) is 0 Å². The zero-order chi connectivity index (χ0) is 28.2. The Bertz CT molecular complexity index is 1150. The molecule has 9 heteroatoms. The normalized spacial score (nSPS) is 18.2. The first-order chi connectivity index (χ1) is 18.6. The number of piperidine rings is 1. The van der Waals surface area contributed by atoms with Crippen LogP contribution in [0.1, 0.15) is 70.2 Å². The molecule has 0 saturated carbocycles. The minimum atomic E-state index is -0.308. The van der Waals surface area contributed by atoms with Gasteiger partial charge < -0.3 is 15.5 Å². The van der Waals surface area contributed by atoms with Crippen molar-refractivity contribution in [2.45, 2.75) is 59.8 Å². The van der Waals surface area contributed by atoms with Gasteiger partial charge >= 0.3 is 0 Å². The molecule has 39 heavy (non-hydrogen) atoms. The third-order valence-electron chi connectivity index (χ3n) is 8.33. The number of nitrogens with zero attached hydrogens (tertiary/aromatic N) is 3. The van der Waals surface area contributed by atoms with Gasteiger partial charge in [-0.3, -0.25) is 24.2 Å². The van der Waals surface area contributed by atoms with Crippen molar-refractivity contribution < 1.29 is 14.4 Å². The summed E-state index contributed by atoms with van der Waals surface area (Å²) in [6.07, 6.45) is 8.76. The third kappa shape index (κ3) is 6.67. The van der Waals surface area contributed by atoms with Gasteiger partial charge in [0.15, 0.2) is 0 Å². The average Bonchev–Trinajstić information content (AvgIpc) is 3.05. The summed E-state index contributed by atoms with van der Waals surface area (Å²) < 4.78 is 0. The second-order valence-electron chi connectivity index (χ2n) is 11.4. The summed E-state index contributed by atoms with van der Waals surface area (Å²) in [6.45, 7) is 12.3. The molecular weight excluding hydrogens is 514 g/mol. The largest absolute Gasteiger partial charge is 0.366 e. The number of allylic oxidation sites excluding steroid dienone is 1. The van der Waals surface area contributed by atoms with E-state index in [0.29, 0.717) is 40.3 Å². The number of rotatable bonds is 9. The lowest BCUT2D eigenvalue weighted by molar-refractivity contribution is -0.140. The highest BCUT2D eigenvalue weighted by Gasteiger charge is 2.33. The van der Waals surface area contributed by atoms with Crippen molar-refractivity contribution in [3.05, 3.63) is 52.5 Å². The van der Waals surface area contributed by atoms with Crippen molar-refractivity contribution in [1.82, 2.24) is 20.4 Å². The van der Waals surface area contributed by atoms with Crippen LogP contribution < -0.4 is 15.5 Å². The number of halogens is 1. The van der Waals surface area contributed by atoms with Crippen LogP contribution >= 0.6 is 11.6 Å². The second-order valence-corrected chi connectivity index (χ2v) is 11.8. The predicted molar refractivity (Wildman–Crippen MR) is 155 cm³/mol. The Morgan fingerprint density at radius 2 is 1.92 bits per heavy atom. The van der Waals surface area contributed by atoms with Crippen molar-refractivity contribution in [3.63, 3.8) is 0 Å². The number of hydrogen-bond acceptors (Lipinski definition) is 5. The van der Waals surface area contributed by atoms with Crippen molar-refractivity contribution in [2.24, 2.45) is 11.3 Å². The molecule has 8 nitrogen and oxygen atoms in total. The summed E-state index contributed by atoms with van der Waals surface area (Å²) in [7, 11) is 0. The molecule has 0 radical (unpaired) electrons. The second kappa shape index (κ2) is 12.6. The van der Waals surface area contributed by atoms with E-state index < -0.39 is 0 Å². The monoisotopic (exact) mass is 555 g/mol. The van der Waals surface area contributed by atoms with Crippen LogP contribution in [0.15, 0.2) is 41.9 Å². The molecule has 1 aromatic carbocycles. The average molecular weight is 556 g/mol. The van der Waals surface area contributed by atoms with Gasteiger partial charge in [0.05, 0.1) is 23.5 Å². The fraction of sp³-hybridized carbons (Fsp3) is 0.567. The van der Waals surface area contributed by atoms with E-state index in [1.54, 1.807) is 23.1 Å². The Hall–Kier alpha value is -2.84. The predicted octanol–water partition coefficient (Wildman–Crippen LogP) is 4.52. The van der Waals surface area contributed by atoms with Crippen molar-refractivity contribution in [3.8, 4) is 0 Å². The van der Waals surface area contributed by atoms with Gasteiger partial charge in [0.1, 0.15) is 5.82 Å². The zero-order valence-corrected chi connectivity index (χ0v) is 24.4. The van der Waals surface area contributed by atoms with Crippen LogP contribution in [0.3, 0.4) is 0 Å². The third-order valence-corrected chi connectivity index (χ3v) is 8.57. The van der Waals surface area contributed by atoms with Crippen molar-refractivity contribution in [2.75, 3.05) is 44.2 Å². The number of dihydropyridines is 1. The first kappa shape index (κ1) is 29.2. The number of carbonyl (C=O) groups is 3. The van der Waals surface area contributed by atoms with Crippen LogP contribution in [0.2, 0.25) is 5.02 Å². The Kier molecular flexibility index (Phi) is 9.39. The van der Waals surface area contributed by atoms with Gasteiger partial charge in [-0.1, -0.05) is 38.4 Å². The number of anilines is 1. The molecule has 0 bridgehead atoms. The maximum atomic E-state index is 13.7. The Balaban J connectivity index is 1.35. The van der Waals surface area contributed by atoms with Crippen molar-refractivity contribution in [1.29, 1.82) is 0 Å². The first-order valence-corrected chi connectivity index (χ1v) is 14.6. The number of benzene rings is 1. The fourth-order valence-electron chi connectivity index (χ4n) is 5.51. The maximum Gasteiger partial charge on any atom is 0.257 e. The highest BCUT2D eigenvalue weighted by Crippen LogP contribution is 2.32. The van der Waals surface area contributed by atoms with Gasteiger partial charge in [-0.05, 0) is 82.3 Å². The SMILES string of the molecule is CCN(CCCC1CCN(CC(=O)N2C3=C(C=CCN3)NC(=O)c3cc(Cl)ccc32)CC1)C(=O)C(C)(C)CC. The topological polar surface area (TPSA) is 85.0 Å². The molecule has 0 aromatic heterocycles. The molecule has 212 valence electrons. The zero-order valence-electron chi connectivity index (χ0n) is 23.7. The smallest absolute Gasteiger partial charge is 0.257 e. The summed E-state index contributed by atoms with van der Waals surface area (Å²) in [4.78, 5) is 45.3. The minimum Gasteiger partial charge on any atom is -0.366 e. The molecule has 0 spiro atoms. The molecule has 1 aromatic rings. The Morgan fingerprint density at radius 3 is 2.62 bits per heavy atom. The van der Waals surface area contributed by atoms with Crippen LogP contribution in [-0.2, 0) is 9.59 Å². The molecule has 1 fully saturated rings. The molecule has 3 heterocycles. The Labute approximate surface area is 237 Å². The fourth-order valence-corrected chi connectivity index (χ4v) is 5.68. The summed E-state index contributed by atoms with van der Waals surface area (Å²) in [6, 6.07) is 5.06. The molecule has 3 aliphatic heterocycles. The van der Waals surface area contributed by atoms with Crippen LogP contribution in [0, 0.1) is 11.3 Å². The van der Waals surface area contributed by atoms with Crippen LogP contribution in [0.5, 0.6) is 0 Å². The standard InChI is InChI=1S/C30H42ClN5O3/c1-5-30(3,4)29(39)35(6-2)16-8-9-21-13-17-34(18-14-21)20-26(37)36-25-12-11-22(31)19-23(25)28(38)33-24-10-7-15-32-27(24)36/h7,10-12,19,21,32H,5-6,8-9,13-18,20H2,1-4H3,(H,33,38). The summed E-state index contributed by atoms with van der Waals surface area (Å²) in [5, 5.41) is 6.63. The number of hydrogen-bond donors (Lipinski definition) is 2. The van der Waals surface area contributed by atoms with E-state index in [2.05, 4.69) is 29.4 Å². The molecule has 4 rings (SSSR count). The molecule has 0 unspecified atom stereocenters. The summed E-state index contributed by atoms with van der Waals surface area (Å²) >= 11 is 6.19. The lowest BCUT2D eigenvalue weighted by Gasteiger charge is -2.35. The van der Waals surface area contributed by atoms with Gasteiger partial charge in [0, 0.05) is 30.1 Å². The molecule has 0 atom stereocenters. The lowest BCUT2D eigenvalue weighted by atomic mass is 9.88. The van der Waals surface area contributed by atoms with Gasteiger partial charge in [-0.15, -0.1) is 0 Å². The Morgan fingerprint density at radius 1 is 1.18 bits per heavy atom. The van der Waals surface area contributed by atoms with E-state index in [1.807, 2.05) is 30.9 Å². The van der Waals surface area contributed by atoms with E-state index in [9.17, 15) is 14.4 Å². The minimum absolute atomic E-state index is 0.0838. The van der Waals surface area contributed by atoms with Crippen LogP contribution in [0.4, 0.5) is 5.69 Å². The van der Waals surface area contributed by atoms with Gasteiger partial charge in [0.2, 0.25) is 11.8 Å². The van der Waals surface area contributed by atoms with E-state index in [1.165, 1.54) is 0 Å². The molecule has 1 saturated heterocycles. The molecule has 0 aliphatic carbocycles. The number of nitrogens with one attached hydrogen (secondary N) is 2. The molecule has 3 amide bonds. The van der Waals surface area contributed by atoms with Gasteiger partial charge in [-0.2, -0.15) is 0 Å². The number of likely N-dealkylation sites (tertiary alicyclic amines) is 1. The van der Waals surface area contributed by atoms with Gasteiger partial charge in [0.25, 0.3) is 5.91 Å². The first-order valence-electron chi connectivity index (χ1n) is 14.2. The quantitative estimate of drug-likeness (QED) is 0.468. The highest BCUT2D eigenvalue weighted by atomic mass is 35.5. The lowest BCUT2D eigenvalue weighted by Crippen LogP contribution is -2.46. The highest BCUT2D eigenvalue weighted by molar-refractivity contribution is 6.31. The van der Waals surface area contributed by atoms with E-state index >= 15 is 0 Å². The van der Waals surface area contributed by atoms with Crippen LogP contribution in [-0.4, -0.2) is 66.8 Å². The molecule has 3 aliphatic rings. The van der Waals surface area contributed by atoms with E-state index in [-0.39, 0.29) is 29.7 Å². The van der Waals surface area contributed by atoms with E-state index in [0.717, 1.165) is 58.3 Å². The molecule has 2 N–H and O–H groups in total. The number of amides is 3. The summed E-state index contributed by atoms with van der Waals surface area (Å²) in [5.41, 5.74) is 1.18. The number of fused-ring (bicyclic) bond motifs is 1.